The molecule has 6 atom stereocenters. The zero-order valence-electron chi connectivity index (χ0n) is 34.5. The first kappa shape index (κ1) is 46.6. The average molecular weight is 804 g/mol. The highest BCUT2D eigenvalue weighted by Crippen LogP contribution is 2.39. The van der Waals surface area contributed by atoms with Gasteiger partial charge in [0, 0.05) is 68.1 Å². The number of fused-ring (bicyclic) bond motifs is 2. The first-order valence-electron chi connectivity index (χ1n) is 20.1. The summed E-state index contributed by atoms with van der Waals surface area (Å²) in [4.78, 5) is 31.3. The SMILES string of the molecule is CC/C=C/C(CN1CCN2C(=O)COCC2C1)C(CC)C(C)CN1CC(c2ccc(Cl)cc2CCC)COc2ccc(C=O)cc21.CNS(=O)C(C)C.CO. The molecule has 5 rings (SSSR count). The number of carbonyl (C=O) groups excluding carboxylic acids is 2. The van der Waals surface area contributed by atoms with Gasteiger partial charge in [0.05, 0.1) is 35.9 Å². The number of allylic oxidation sites excluding steroid dienone is 1. The number of aryl methyl sites for hydroxylation is 1. The van der Waals surface area contributed by atoms with Crippen LogP contribution in [0.1, 0.15) is 88.2 Å². The summed E-state index contributed by atoms with van der Waals surface area (Å²) >= 11 is 6.45. The van der Waals surface area contributed by atoms with Crippen LogP contribution in [-0.2, 0) is 26.9 Å². The molecule has 3 aliphatic rings. The summed E-state index contributed by atoms with van der Waals surface area (Å²) in [5.74, 6) is 2.35. The summed E-state index contributed by atoms with van der Waals surface area (Å²) in [5.41, 5.74) is 4.25. The molecule has 1 amide bonds. The summed E-state index contributed by atoms with van der Waals surface area (Å²) in [5, 5.41) is 8.00. The van der Waals surface area contributed by atoms with E-state index in [0.29, 0.717) is 36.5 Å². The third-order valence-corrected chi connectivity index (χ3v) is 12.3. The monoisotopic (exact) mass is 802 g/mol. The average Bonchev–Trinajstić information content (AvgIpc) is 3.36. The molecule has 308 valence electrons. The molecule has 0 aromatic heterocycles. The Kier molecular flexibility index (Phi) is 20.4. The lowest BCUT2D eigenvalue weighted by Crippen LogP contribution is -2.60. The number of aldehydes is 1. The van der Waals surface area contributed by atoms with Crippen molar-refractivity contribution in [1.29, 1.82) is 0 Å². The van der Waals surface area contributed by atoms with E-state index in [4.69, 9.17) is 26.2 Å². The first-order chi connectivity index (χ1) is 26.5. The molecule has 0 radical (unpaired) electrons. The number of nitrogens with one attached hydrogen (secondary N) is 1. The summed E-state index contributed by atoms with van der Waals surface area (Å²) < 4.78 is 25.2. The maximum Gasteiger partial charge on any atom is 0.248 e. The van der Waals surface area contributed by atoms with Gasteiger partial charge in [0.25, 0.3) is 0 Å². The number of rotatable bonds is 15. The predicted molar refractivity (Wildman–Crippen MR) is 227 cm³/mol. The number of morpholine rings is 1. The fourth-order valence-electron chi connectivity index (χ4n) is 8.12. The molecule has 2 saturated heterocycles. The van der Waals surface area contributed by atoms with E-state index in [9.17, 15) is 13.8 Å². The van der Waals surface area contributed by atoms with Crippen molar-refractivity contribution in [3.63, 3.8) is 0 Å². The molecule has 10 nitrogen and oxygen atoms in total. The van der Waals surface area contributed by atoms with Gasteiger partial charge in [-0.3, -0.25) is 14.5 Å². The number of hydrogen-bond donors (Lipinski definition) is 2. The number of anilines is 1. The molecule has 2 N–H and O–H groups in total. The Hall–Kier alpha value is -2.80. The molecule has 12 heteroatoms. The summed E-state index contributed by atoms with van der Waals surface area (Å²) in [6.45, 7) is 19.5. The molecule has 0 aliphatic carbocycles. The van der Waals surface area contributed by atoms with Crippen molar-refractivity contribution >= 4 is 40.5 Å². The van der Waals surface area contributed by atoms with Crippen molar-refractivity contribution in [3.8, 4) is 5.75 Å². The van der Waals surface area contributed by atoms with Gasteiger partial charge in [-0.15, -0.1) is 0 Å². The number of piperazine rings is 1. The van der Waals surface area contributed by atoms with E-state index in [0.717, 1.165) is 94.8 Å². The second-order valence-corrected chi connectivity index (χ2v) is 17.3. The second-order valence-electron chi connectivity index (χ2n) is 15.0. The Balaban J connectivity index is 0.000000812. The van der Waals surface area contributed by atoms with E-state index in [2.05, 4.69) is 66.5 Å². The van der Waals surface area contributed by atoms with E-state index in [1.54, 1.807) is 7.05 Å². The Bertz CT molecular complexity index is 1540. The van der Waals surface area contributed by atoms with Crippen molar-refractivity contribution < 1.29 is 28.4 Å². The maximum absolute atomic E-state index is 12.4. The minimum Gasteiger partial charge on any atom is -0.491 e. The van der Waals surface area contributed by atoms with Crippen LogP contribution in [0.2, 0.25) is 5.02 Å². The number of carbonyl (C=O) groups is 2. The molecule has 2 aromatic rings. The van der Waals surface area contributed by atoms with Gasteiger partial charge in [-0.1, -0.05) is 70.4 Å². The molecule has 0 bridgehead atoms. The van der Waals surface area contributed by atoms with Gasteiger partial charge in [0.1, 0.15) is 18.6 Å². The molecule has 0 saturated carbocycles. The molecule has 2 fully saturated rings. The number of hydrogen-bond acceptors (Lipinski definition) is 8. The lowest BCUT2D eigenvalue weighted by molar-refractivity contribution is -0.152. The normalized spacial score (nSPS) is 20.8. The predicted octanol–water partition coefficient (Wildman–Crippen LogP) is 6.76. The van der Waals surface area contributed by atoms with Crippen molar-refractivity contribution in [2.24, 2.45) is 17.8 Å². The van der Waals surface area contributed by atoms with E-state index < -0.39 is 11.0 Å². The van der Waals surface area contributed by atoms with Crippen LogP contribution in [0.25, 0.3) is 0 Å². The molecule has 3 aliphatic heterocycles. The Morgan fingerprint density at radius 3 is 2.44 bits per heavy atom. The van der Waals surface area contributed by atoms with Crippen LogP contribution in [0.5, 0.6) is 5.75 Å². The van der Waals surface area contributed by atoms with Crippen LogP contribution in [-0.4, -0.2) is 116 Å². The molecular weight excluding hydrogens is 736 g/mol. The molecule has 55 heavy (non-hydrogen) atoms. The summed E-state index contributed by atoms with van der Waals surface area (Å²) in [7, 11) is 1.86. The highest BCUT2D eigenvalue weighted by Gasteiger charge is 2.36. The minimum atomic E-state index is -0.829. The van der Waals surface area contributed by atoms with Crippen molar-refractivity contribution in [2.45, 2.75) is 84.4 Å². The number of amides is 1. The van der Waals surface area contributed by atoms with Gasteiger partial charge >= 0.3 is 0 Å². The van der Waals surface area contributed by atoms with Gasteiger partial charge in [-0.2, -0.15) is 0 Å². The largest absolute Gasteiger partial charge is 0.491 e. The lowest BCUT2D eigenvalue weighted by atomic mass is 9.79. The number of aliphatic hydroxyl groups excluding tert-OH is 1. The van der Waals surface area contributed by atoms with Crippen LogP contribution < -0.4 is 14.4 Å². The van der Waals surface area contributed by atoms with Crippen LogP contribution in [0.15, 0.2) is 48.6 Å². The van der Waals surface area contributed by atoms with Crippen molar-refractivity contribution in [3.05, 3.63) is 70.3 Å². The van der Waals surface area contributed by atoms with Gasteiger partial charge in [-0.05, 0) is 92.9 Å². The Labute approximate surface area is 338 Å². The number of halogens is 1. The number of benzene rings is 2. The van der Waals surface area contributed by atoms with E-state index in [-0.39, 0.29) is 29.7 Å². The molecular formula is C43H67ClN4O6S. The second kappa shape index (κ2) is 24.1. The zero-order chi connectivity index (χ0) is 40.5. The Morgan fingerprint density at radius 1 is 1.04 bits per heavy atom. The maximum atomic E-state index is 12.4. The quantitative estimate of drug-likeness (QED) is 0.150. The van der Waals surface area contributed by atoms with Gasteiger partial charge in [0.15, 0.2) is 0 Å². The highest BCUT2D eigenvalue weighted by molar-refractivity contribution is 7.83. The fraction of sp³-hybridized carbons (Fsp3) is 0.628. The number of nitrogens with zero attached hydrogens (tertiary/aromatic N) is 3. The minimum absolute atomic E-state index is 0.122. The number of aliphatic hydroxyl groups is 1. The molecule has 6 unspecified atom stereocenters. The van der Waals surface area contributed by atoms with Crippen LogP contribution in [0.3, 0.4) is 0 Å². The van der Waals surface area contributed by atoms with Crippen LogP contribution >= 0.6 is 11.6 Å². The topological polar surface area (TPSA) is 112 Å². The van der Waals surface area contributed by atoms with Gasteiger partial charge in [-0.25, -0.2) is 8.93 Å². The van der Waals surface area contributed by atoms with Crippen LogP contribution in [0, 0.1) is 17.8 Å². The molecule has 0 spiro atoms. The van der Waals surface area contributed by atoms with E-state index in [1.807, 2.05) is 43.0 Å². The standard InChI is InChI=1S/C38H52ClN3O4.C4H11NOS.CH4O/c1-5-8-10-30(20-40-15-16-42-33(22-40)25-45-26-38(42)44)34(7-3)27(4)19-41-21-31(35-13-12-32(39)18-29(35)9-6-2)24-46-37-14-11-28(23-43)17-36(37)41;1-4(2)7(6)5-3;1-2/h8,10-14,17-18,23,27,30-31,33-34H,5-7,9,15-16,19-22,24-26H2,1-4H3;4-5H,1-3H3;2H,1H3/b10-8+;;. The highest BCUT2D eigenvalue weighted by atomic mass is 35.5. The van der Waals surface area contributed by atoms with Crippen LogP contribution in [0.4, 0.5) is 5.69 Å². The van der Waals surface area contributed by atoms with Crippen molar-refractivity contribution in [1.82, 2.24) is 14.5 Å². The third kappa shape index (κ3) is 13.4. The van der Waals surface area contributed by atoms with E-state index in [1.165, 1.54) is 11.1 Å². The Morgan fingerprint density at radius 2 is 1.80 bits per heavy atom. The van der Waals surface area contributed by atoms with Gasteiger partial charge in [0.2, 0.25) is 5.91 Å². The number of ether oxygens (including phenoxy) is 2. The zero-order valence-corrected chi connectivity index (χ0v) is 36.0. The first-order valence-corrected chi connectivity index (χ1v) is 21.7. The molecule has 2 aromatic carbocycles. The summed E-state index contributed by atoms with van der Waals surface area (Å²) in [6, 6.07) is 12.2. The van der Waals surface area contributed by atoms with E-state index >= 15 is 0 Å². The smallest absolute Gasteiger partial charge is 0.248 e. The molecule has 3 heterocycles. The lowest BCUT2D eigenvalue weighted by Gasteiger charge is -2.45. The third-order valence-electron chi connectivity index (χ3n) is 10.8. The fourth-order valence-corrected chi connectivity index (χ4v) is 8.79. The van der Waals surface area contributed by atoms with Gasteiger partial charge < -0.3 is 24.4 Å². The van der Waals surface area contributed by atoms with Crippen molar-refractivity contribution in [2.75, 3.05) is 78.1 Å². The summed E-state index contributed by atoms with van der Waals surface area (Å²) in [6.07, 6.45) is 9.79.